The molecule has 1 atom stereocenters. The molecule has 0 amide bonds. The standard InChI is InChI=1S/C22H21Cl2N5OS/c1-13(2)12-29-19(17-10-9-16(23)11-18(17)24)25-28-22(29)31-14(3)20-26-27-21(30-20)15-7-5-4-6-8-15/h4-11,13-14H,12H2,1-3H3/t14-/m1/s1. The molecule has 0 aliphatic carbocycles. The van der Waals surface area contributed by atoms with E-state index in [1.807, 2.05) is 43.3 Å². The van der Waals surface area contributed by atoms with Crippen molar-refractivity contribution < 1.29 is 4.42 Å². The lowest BCUT2D eigenvalue weighted by molar-refractivity contribution is 0.493. The Kier molecular flexibility index (Phi) is 6.65. The van der Waals surface area contributed by atoms with Gasteiger partial charge in [0.25, 0.3) is 0 Å². The number of hydrogen-bond donors (Lipinski definition) is 0. The predicted octanol–water partition coefficient (Wildman–Crippen LogP) is 6.81. The van der Waals surface area contributed by atoms with E-state index in [2.05, 4.69) is 38.8 Å². The quantitative estimate of drug-likeness (QED) is 0.274. The molecular weight excluding hydrogens is 453 g/mol. The summed E-state index contributed by atoms with van der Waals surface area (Å²) in [7, 11) is 0. The Bertz CT molecular complexity index is 1180. The Morgan fingerprint density at radius 2 is 1.74 bits per heavy atom. The molecule has 0 bridgehead atoms. The van der Waals surface area contributed by atoms with E-state index in [4.69, 9.17) is 27.6 Å². The lowest BCUT2D eigenvalue weighted by atomic mass is 10.2. The lowest BCUT2D eigenvalue weighted by Crippen LogP contribution is -2.08. The highest BCUT2D eigenvalue weighted by Gasteiger charge is 2.23. The van der Waals surface area contributed by atoms with Crippen LogP contribution in [0.3, 0.4) is 0 Å². The highest BCUT2D eigenvalue weighted by molar-refractivity contribution is 7.99. The minimum atomic E-state index is -0.103. The van der Waals surface area contributed by atoms with Crippen LogP contribution in [-0.4, -0.2) is 25.0 Å². The second-order valence-electron chi connectivity index (χ2n) is 7.51. The van der Waals surface area contributed by atoms with Crippen molar-refractivity contribution in [2.24, 2.45) is 5.92 Å². The first-order valence-corrected chi connectivity index (χ1v) is 11.5. The molecule has 160 valence electrons. The first-order chi connectivity index (χ1) is 14.9. The molecule has 0 N–H and O–H groups in total. The number of rotatable bonds is 7. The maximum Gasteiger partial charge on any atom is 0.247 e. The summed E-state index contributed by atoms with van der Waals surface area (Å²) in [5.41, 5.74) is 1.68. The zero-order chi connectivity index (χ0) is 22.0. The topological polar surface area (TPSA) is 69.6 Å². The van der Waals surface area contributed by atoms with E-state index in [1.54, 1.807) is 12.1 Å². The molecule has 31 heavy (non-hydrogen) atoms. The third-order valence-electron chi connectivity index (χ3n) is 4.53. The van der Waals surface area contributed by atoms with Crippen LogP contribution in [0.4, 0.5) is 0 Å². The molecule has 9 heteroatoms. The Balaban J connectivity index is 1.62. The molecule has 2 aromatic carbocycles. The summed E-state index contributed by atoms with van der Waals surface area (Å²) in [5, 5.41) is 19.1. The average molecular weight is 474 g/mol. The second-order valence-corrected chi connectivity index (χ2v) is 9.66. The molecule has 0 aliphatic rings. The van der Waals surface area contributed by atoms with Gasteiger partial charge in [0, 0.05) is 22.7 Å². The number of benzene rings is 2. The van der Waals surface area contributed by atoms with Gasteiger partial charge in [-0.25, -0.2) is 0 Å². The monoisotopic (exact) mass is 473 g/mol. The summed E-state index contributed by atoms with van der Waals surface area (Å²) in [6.45, 7) is 7.05. The molecule has 2 heterocycles. The van der Waals surface area contributed by atoms with Gasteiger partial charge in [0.1, 0.15) is 0 Å². The number of halogens is 2. The van der Waals surface area contributed by atoms with Crippen molar-refractivity contribution >= 4 is 35.0 Å². The van der Waals surface area contributed by atoms with Gasteiger partial charge in [0.15, 0.2) is 11.0 Å². The lowest BCUT2D eigenvalue weighted by Gasteiger charge is -2.14. The van der Waals surface area contributed by atoms with E-state index in [0.29, 0.717) is 33.6 Å². The minimum Gasteiger partial charge on any atom is -0.419 e. The van der Waals surface area contributed by atoms with Gasteiger partial charge >= 0.3 is 0 Å². The molecule has 0 radical (unpaired) electrons. The fourth-order valence-corrected chi connectivity index (χ4v) is 4.46. The summed E-state index contributed by atoms with van der Waals surface area (Å²) >= 11 is 14.0. The van der Waals surface area contributed by atoms with Gasteiger partial charge in [-0.2, -0.15) is 0 Å². The first kappa shape index (κ1) is 21.9. The molecule has 0 saturated heterocycles. The van der Waals surface area contributed by atoms with Crippen molar-refractivity contribution in [2.45, 2.75) is 37.7 Å². The van der Waals surface area contributed by atoms with E-state index in [-0.39, 0.29) is 5.25 Å². The molecule has 2 aromatic heterocycles. The van der Waals surface area contributed by atoms with Crippen molar-refractivity contribution in [3.63, 3.8) is 0 Å². The highest BCUT2D eigenvalue weighted by Crippen LogP contribution is 2.37. The molecule has 0 aliphatic heterocycles. The van der Waals surface area contributed by atoms with Crippen LogP contribution >= 0.6 is 35.0 Å². The van der Waals surface area contributed by atoms with Gasteiger partial charge in [-0.05, 0) is 43.2 Å². The minimum absolute atomic E-state index is 0.103. The molecular formula is C22H21Cl2N5OS. The normalized spacial score (nSPS) is 12.5. The fourth-order valence-electron chi connectivity index (χ4n) is 3.08. The zero-order valence-electron chi connectivity index (χ0n) is 17.3. The van der Waals surface area contributed by atoms with Crippen molar-refractivity contribution in [2.75, 3.05) is 0 Å². The summed E-state index contributed by atoms with van der Waals surface area (Å²) in [5.74, 6) is 2.14. The maximum atomic E-state index is 6.44. The van der Waals surface area contributed by atoms with Crippen molar-refractivity contribution in [1.82, 2.24) is 25.0 Å². The third-order valence-corrected chi connectivity index (χ3v) is 6.14. The predicted molar refractivity (Wildman–Crippen MR) is 124 cm³/mol. The van der Waals surface area contributed by atoms with Crippen LogP contribution in [0.15, 0.2) is 58.1 Å². The second kappa shape index (κ2) is 9.42. The molecule has 6 nitrogen and oxygen atoms in total. The van der Waals surface area contributed by atoms with Gasteiger partial charge < -0.3 is 8.98 Å². The van der Waals surface area contributed by atoms with Crippen molar-refractivity contribution in [3.05, 3.63) is 64.5 Å². The Morgan fingerprint density at radius 1 is 0.968 bits per heavy atom. The van der Waals surface area contributed by atoms with E-state index >= 15 is 0 Å². The van der Waals surface area contributed by atoms with Crippen LogP contribution in [0.5, 0.6) is 0 Å². The molecule has 0 spiro atoms. The number of nitrogens with zero attached hydrogens (tertiary/aromatic N) is 5. The molecule has 0 fully saturated rings. The Morgan fingerprint density at radius 3 is 2.45 bits per heavy atom. The van der Waals surface area contributed by atoms with E-state index < -0.39 is 0 Å². The van der Waals surface area contributed by atoms with Gasteiger partial charge in [0.2, 0.25) is 11.8 Å². The summed E-state index contributed by atoms with van der Waals surface area (Å²) in [4.78, 5) is 0. The molecule has 4 rings (SSSR count). The van der Waals surface area contributed by atoms with Crippen molar-refractivity contribution in [1.29, 1.82) is 0 Å². The van der Waals surface area contributed by atoms with E-state index in [0.717, 1.165) is 22.8 Å². The van der Waals surface area contributed by atoms with Gasteiger partial charge in [0.05, 0.1) is 10.3 Å². The van der Waals surface area contributed by atoms with Crippen LogP contribution in [0, 0.1) is 5.92 Å². The van der Waals surface area contributed by atoms with Gasteiger partial charge in [-0.3, -0.25) is 0 Å². The van der Waals surface area contributed by atoms with Crippen LogP contribution in [-0.2, 0) is 6.54 Å². The molecule has 0 saturated carbocycles. The largest absolute Gasteiger partial charge is 0.419 e. The smallest absolute Gasteiger partial charge is 0.247 e. The Labute approximate surface area is 195 Å². The third kappa shape index (κ3) is 4.95. The number of hydrogen-bond acceptors (Lipinski definition) is 6. The van der Waals surface area contributed by atoms with Crippen LogP contribution in [0.2, 0.25) is 10.0 Å². The Hall–Kier alpha value is -2.35. The molecule has 0 unspecified atom stereocenters. The maximum absolute atomic E-state index is 6.44. The van der Waals surface area contributed by atoms with Crippen LogP contribution in [0.1, 0.15) is 31.9 Å². The number of aromatic nitrogens is 5. The van der Waals surface area contributed by atoms with Crippen LogP contribution in [0.25, 0.3) is 22.8 Å². The van der Waals surface area contributed by atoms with E-state index in [1.165, 1.54) is 11.8 Å². The fraction of sp³-hybridized carbons (Fsp3) is 0.273. The van der Waals surface area contributed by atoms with Gasteiger partial charge in [-0.15, -0.1) is 20.4 Å². The van der Waals surface area contributed by atoms with Gasteiger partial charge in [-0.1, -0.05) is 67.0 Å². The summed E-state index contributed by atoms with van der Waals surface area (Å²) < 4.78 is 7.99. The summed E-state index contributed by atoms with van der Waals surface area (Å²) in [6, 6.07) is 15.1. The van der Waals surface area contributed by atoms with Crippen LogP contribution < -0.4 is 0 Å². The van der Waals surface area contributed by atoms with E-state index in [9.17, 15) is 0 Å². The number of thioether (sulfide) groups is 1. The SMILES string of the molecule is CC(C)Cn1c(S[C@H](C)c2nnc(-c3ccccc3)o2)nnc1-c1ccc(Cl)cc1Cl. The summed E-state index contributed by atoms with van der Waals surface area (Å²) in [6.07, 6.45) is 0. The zero-order valence-corrected chi connectivity index (χ0v) is 19.6. The average Bonchev–Trinajstić information content (AvgIpc) is 3.37. The molecule has 4 aromatic rings. The van der Waals surface area contributed by atoms with Crippen molar-refractivity contribution in [3.8, 4) is 22.8 Å². The highest BCUT2D eigenvalue weighted by atomic mass is 35.5. The first-order valence-electron chi connectivity index (χ1n) is 9.86.